The fourth-order valence-corrected chi connectivity index (χ4v) is 21.2. The number of H-pyrrole nitrogens is 2. The number of hydrogen-bond donors (Lipinski definition) is 4. The number of fused-ring (bicyclic) bond motifs is 4. The van der Waals surface area contributed by atoms with Crippen LogP contribution in [0.2, 0.25) is 10.0 Å². The van der Waals surface area contributed by atoms with E-state index in [9.17, 15) is 56.2 Å². The third kappa shape index (κ3) is 20.9. The Bertz CT molecular complexity index is 6390. The van der Waals surface area contributed by atoms with E-state index in [0.29, 0.717) is 88.2 Å². The largest absolute Gasteiger partial charge is 0.492 e. The lowest BCUT2D eigenvalue weighted by atomic mass is 9.72. The first-order valence-electron chi connectivity index (χ1n) is 44.5. The van der Waals surface area contributed by atoms with E-state index < -0.39 is 74.7 Å². The van der Waals surface area contributed by atoms with Crippen molar-refractivity contribution in [2.75, 3.05) is 135 Å². The van der Waals surface area contributed by atoms with Gasteiger partial charge in [-0.1, -0.05) is 86.3 Å². The van der Waals surface area contributed by atoms with Crippen LogP contribution in [-0.2, 0) is 42.5 Å². The molecule has 0 radical (unpaired) electrons. The number of aromatic nitrogens is 4. The summed E-state index contributed by atoms with van der Waals surface area (Å²) >= 11 is 12.5. The molecule has 31 nitrogen and oxygen atoms in total. The van der Waals surface area contributed by atoms with Crippen molar-refractivity contribution in [1.82, 2.24) is 53.9 Å². The number of nitro groups is 2. The van der Waals surface area contributed by atoms with Crippen LogP contribution in [-0.4, -0.2) is 220 Å². The van der Waals surface area contributed by atoms with E-state index in [4.69, 9.17) is 42.1 Å². The number of hydrogen-bond acceptors (Lipinski definition) is 23. The van der Waals surface area contributed by atoms with Gasteiger partial charge in [-0.25, -0.2) is 36.2 Å². The number of pyridine rings is 2. The second kappa shape index (κ2) is 38.1. The molecule has 4 fully saturated rings. The zero-order valence-electron chi connectivity index (χ0n) is 73.7. The molecule has 6 aromatic carbocycles. The Labute approximate surface area is 769 Å². The van der Waals surface area contributed by atoms with Crippen LogP contribution >= 0.6 is 23.2 Å². The normalized spacial score (nSPS) is 19.2. The number of halogens is 2. The number of amides is 4. The van der Waals surface area contributed by atoms with E-state index in [-0.39, 0.29) is 94.0 Å². The second-order valence-electron chi connectivity index (χ2n) is 36.8. The summed E-state index contributed by atoms with van der Waals surface area (Å²) in [4.78, 5) is 107. The number of aromatic amines is 2. The van der Waals surface area contributed by atoms with Crippen molar-refractivity contribution in [3.05, 3.63) is 233 Å². The van der Waals surface area contributed by atoms with Gasteiger partial charge in [-0.15, -0.1) is 0 Å². The Morgan fingerprint density at radius 1 is 0.511 bits per heavy atom. The van der Waals surface area contributed by atoms with Gasteiger partial charge < -0.3 is 53.4 Å². The maximum atomic E-state index is 14.1. The van der Waals surface area contributed by atoms with E-state index in [2.05, 4.69) is 106 Å². The number of piperidine rings is 1. The number of benzene rings is 6. The Balaban J connectivity index is 0.000000183. The average molecular weight is 1860 g/mol. The molecule has 4 saturated heterocycles. The van der Waals surface area contributed by atoms with Crippen LogP contribution in [0.5, 0.6) is 34.5 Å². The number of ether oxygens (including phenoxy) is 4. The fraction of sp³-hybridized carbons (Fsp3) is 0.396. The SMILES string of the molecule is CC1(C)CCC(CN2CCN(c3ccc(C(=O)NS(=O)(=O)c4cc5c(c([N+](=O)[O-])c4)C[C@@H](C(=O)N4CCCCC4)CO5)c(Oc4cnc5[nH]ccc5c4)c3)CC2)=C(c2ccc(Cl)cc2)C1.CN1CCN(C(=O)[C@H]2COc3cc(S(=O)(=O)NC(=O)c4ccc(N5CCN(CC6=C(c7ccc(Cl)cc7)CC(C)(C)CC6)CC5)cc4Oc4cnc5[nH]ccc5c4)cc([N+](=O)[O-])c3C2)CC1. The van der Waals surface area contributed by atoms with Crippen molar-refractivity contribution >= 4 is 123 Å². The van der Waals surface area contributed by atoms with Gasteiger partial charge in [-0.05, 0) is 184 Å². The Morgan fingerprint density at radius 2 is 0.916 bits per heavy atom. The van der Waals surface area contributed by atoms with Crippen molar-refractivity contribution in [2.24, 2.45) is 22.7 Å². The molecule has 2 aliphatic carbocycles. The number of likely N-dealkylation sites (N-methyl/N-ethyl adjacent to an activating group) is 1. The first-order chi connectivity index (χ1) is 62.8. The predicted octanol–water partition coefficient (Wildman–Crippen LogP) is 15.5. The molecule has 18 rings (SSSR count). The lowest BCUT2D eigenvalue weighted by Crippen LogP contribution is -2.50. The number of nitrogens with zero attached hydrogens (tertiary/aromatic N) is 11. The minimum atomic E-state index is -4.70. The summed E-state index contributed by atoms with van der Waals surface area (Å²) in [5, 5.41) is 27.7. The fourth-order valence-electron chi connectivity index (χ4n) is 18.9. The molecule has 0 spiro atoms. The molecule has 0 saturated carbocycles. The average Bonchev–Trinajstić information content (AvgIpc) is 1.43. The molecule has 4 amide bonds. The number of carbonyl (C=O) groups is 4. The molecular weight excluding hydrogens is 1750 g/mol. The van der Waals surface area contributed by atoms with Gasteiger partial charge in [-0.3, -0.25) is 49.2 Å². The first-order valence-corrected chi connectivity index (χ1v) is 48.2. The minimum absolute atomic E-state index is 0.0108. The van der Waals surface area contributed by atoms with Gasteiger partial charge in [0, 0.05) is 186 Å². The molecule has 686 valence electrons. The van der Waals surface area contributed by atoms with Crippen LogP contribution in [0.15, 0.2) is 179 Å². The molecule has 131 heavy (non-hydrogen) atoms. The summed E-state index contributed by atoms with van der Waals surface area (Å²) in [6, 6.07) is 37.7. The number of allylic oxidation sites excluding steroid dienone is 2. The number of rotatable bonds is 22. The molecule has 0 bridgehead atoms. The van der Waals surface area contributed by atoms with Crippen molar-refractivity contribution in [1.29, 1.82) is 0 Å². The number of nitrogens with one attached hydrogen (secondary N) is 4. The molecule has 10 aromatic rings. The Hall–Kier alpha value is -12.0. The number of nitro benzene ring substituents is 2. The summed E-state index contributed by atoms with van der Waals surface area (Å²) < 4.78 is 84.4. The maximum Gasteiger partial charge on any atom is 0.277 e. The zero-order valence-corrected chi connectivity index (χ0v) is 76.8. The van der Waals surface area contributed by atoms with E-state index >= 15 is 0 Å². The van der Waals surface area contributed by atoms with Crippen LogP contribution in [0.4, 0.5) is 22.7 Å². The molecule has 4 aromatic heterocycles. The van der Waals surface area contributed by atoms with Gasteiger partial charge in [0.2, 0.25) is 11.8 Å². The number of likely N-dealkylation sites (tertiary alicyclic amines) is 1. The molecular formula is C96H105Cl2N15O16S2. The maximum absolute atomic E-state index is 14.1. The number of anilines is 2. The highest BCUT2D eigenvalue weighted by Gasteiger charge is 2.41. The van der Waals surface area contributed by atoms with Gasteiger partial charge in [0.15, 0.2) is 0 Å². The van der Waals surface area contributed by atoms with Gasteiger partial charge in [-0.2, -0.15) is 0 Å². The van der Waals surface area contributed by atoms with Gasteiger partial charge in [0.1, 0.15) is 59.0 Å². The molecule has 10 heterocycles. The predicted molar refractivity (Wildman–Crippen MR) is 500 cm³/mol. The molecule has 4 N–H and O–H groups in total. The van der Waals surface area contributed by atoms with Gasteiger partial charge >= 0.3 is 0 Å². The summed E-state index contributed by atoms with van der Waals surface area (Å²) in [5.74, 6) is -2.80. The summed E-state index contributed by atoms with van der Waals surface area (Å²) in [7, 11) is -7.42. The molecule has 2 atom stereocenters. The highest BCUT2D eigenvalue weighted by Crippen LogP contribution is 2.48. The minimum Gasteiger partial charge on any atom is -0.492 e. The van der Waals surface area contributed by atoms with E-state index in [1.165, 1.54) is 64.0 Å². The lowest BCUT2D eigenvalue weighted by molar-refractivity contribution is -0.386. The van der Waals surface area contributed by atoms with Crippen LogP contribution in [0.25, 0.3) is 33.2 Å². The van der Waals surface area contributed by atoms with Crippen molar-refractivity contribution in [3.63, 3.8) is 0 Å². The monoisotopic (exact) mass is 1860 g/mol. The van der Waals surface area contributed by atoms with Gasteiger partial charge in [0.25, 0.3) is 43.2 Å². The Kier molecular flexibility index (Phi) is 26.4. The smallest absolute Gasteiger partial charge is 0.277 e. The lowest BCUT2D eigenvalue weighted by Gasteiger charge is -2.39. The van der Waals surface area contributed by atoms with Crippen LogP contribution in [0, 0.1) is 42.9 Å². The van der Waals surface area contributed by atoms with Crippen LogP contribution in [0.1, 0.15) is 128 Å². The summed E-state index contributed by atoms with van der Waals surface area (Å²) in [6.07, 6.45) is 15.7. The number of piperazine rings is 3. The van der Waals surface area contributed by atoms with Gasteiger partial charge in [0.05, 0.1) is 66.1 Å². The van der Waals surface area contributed by atoms with Crippen LogP contribution in [0.3, 0.4) is 0 Å². The molecule has 6 aliphatic heterocycles. The third-order valence-corrected chi connectivity index (χ3v) is 29.6. The van der Waals surface area contributed by atoms with Crippen molar-refractivity contribution in [2.45, 2.75) is 108 Å². The second-order valence-corrected chi connectivity index (χ2v) is 41.0. The van der Waals surface area contributed by atoms with E-state index in [0.717, 1.165) is 147 Å². The number of sulfonamides is 2. The zero-order chi connectivity index (χ0) is 91.8. The molecule has 35 heteroatoms. The summed E-state index contributed by atoms with van der Waals surface area (Å²) in [6.45, 7) is 20.7. The standard InChI is InChI=1S/C48H53ClN8O8S.C48H52ClN7O8S/c1-48(2)12-10-33(41(27-48)31-4-6-35(49)7-5-31)29-54-16-20-55(21-17-54)36-8-9-39(44(24-36)65-37-22-32-11-13-50-45(32)51-28-37)46(58)52-66(62,63)38-25-42(57(60)61)40-23-34(30-64-43(40)26-38)47(59)56-18-14-53(3)15-19-56;1-48(2)14-12-33(41(27-48)31-6-8-35(49)9-7-31)29-53-18-20-54(21-19-53)36-10-11-39(44(24-36)64-37-22-32-13-15-50-45(32)51-28-37)46(57)52-65(61,62)38-25-42(56(59)60)40-23-34(30-63-43(40)26-38)47(58)55-16-4-3-5-17-55/h4-9,11,13,22,24-26,28,34H,10,12,14-21,23,27,29-30H2,1-3H3,(H,50,51)(H,52,58);6-11,13,15,22,24-26,28,34H,3-5,12,14,16-21,23,27,29-30H2,1-2H3,(H,50,51)(H,52,57)/t2*34-/m11/s1. The quantitative estimate of drug-likeness (QED) is 0.0362. The highest BCUT2D eigenvalue weighted by atomic mass is 35.5. The van der Waals surface area contributed by atoms with Crippen LogP contribution < -0.4 is 38.2 Å². The van der Waals surface area contributed by atoms with Crippen molar-refractivity contribution < 1.29 is 64.8 Å². The van der Waals surface area contributed by atoms with Crippen molar-refractivity contribution in [3.8, 4) is 34.5 Å². The Morgan fingerprint density at radius 3 is 1.32 bits per heavy atom. The molecule has 0 unspecified atom stereocenters. The molecule has 8 aliphatic rings. The number of carbonyl (C=O) groups excluding carboxylic acids is 4. The highest BCUT2D eigenvalue weighted by molar-refractivity contribution is 7.90. The van der Waals surface area contributed by atoms with E-state index in [1.54, 1.807) is 58.6 Å². The third-order valence-electron chi connectivity index (χ3n) is 26.4. The van der Waals surface area contributed by atoms with E-state index in [1.807, 2.05) is 43.4 Å². The first kappa shape index (κ1) is 90.9. The summed E-state index contributed by atoms with van der Waals surface area (Å²) in [5.41, 5.74) is 10.5. The topological polar surface area (TPSA) is 364 Å².